The van der Waals surface area contributed by atoms with Crippen LogP contribution in [0.15, 0.2) is 120 Å². The van der Waals surface area contributed by atoms with Crippen molar-refractivity contribution in [3.8, 4) is 0 Å². The number of unbranched alkanes of at least 4 members (excludes halogenated alkanes) is 13. The third-order valence-electron chi connectivity index (χ3n) is 10.1. The van der Waals surface area contributed by atoms with Crippen LogP contribution in [0.4, 0.5) is 0 Å². The third kappa shape index (κ3) is 14.1. The lowest BCUT2D eigenvalue weighted by molar-refractivity contribution is -0.0992. The monoisotopic (exact) mass is 740 g/mol. The first-order valence-corrected chi connectivity index (χ1v) is 21.7. The van der Waals surface area contributed by atoms with Gasteiger partial charge in [0.2, 0.25) is 0 Å². The number of benzene rings is 4. The Balaban J connectivity index is 1.39. The van der Waals surface area contributed by atoms with Crippen LogP contribution in [0.25, 0.3) is 0 Å². The Morgan fingerprint density at radius 1 is 0.547 bits per heavy atom. The minimum atomic E-state index is -4.00. The summed E-state index contributed by atoms with van der Waals surface area (Å²) in [6.07, 6.45) is 18.6. The summed E-state index contributed by atoms with van der Waals surface area (Å²) in [6.45, 7) is 6.23. The van der Waals surface area contributed by atoms with Crippen molar-refractivity contribution in [3.05, 3.63) is 138 Å². The molecule has 0 aliphatic carbocycles. The average Bonchev–Trinajstić information content (AvgIpc) is 3.18. The molecule has 0 spiro atoms. The van der Waals surface area contributed by atoms with Crippen LogP contribution in [0.3, 0.4) is 0 Å². The van der Waals surface area contributed by atoms with Crippen LogP contribution >= 0.6 is 0 Å². The summed E-state index contributed by atoms with van der Waals surface area (Å²) in [4.78, 5) is 0.130. The quantitative estimate of drug-likeness (QED) is 0.0346. The van der Waals surface area contributed by atoms with Crippen molar-refractivity contribution >= 4 is 10.1 Å². The fourth-order valence-corrected chi connectivity index (χ4v) is 8.01. The van der Waals surface area contributed by atoms with E-state index in [0.717, 1.165) is 35.1 Å². The molecule has 0 heterocycles. The molecule has 5 nitrogen and oxygen atoms in total. The highest BCUT2D eigenvalue weighted by atomic mass is 32.2. The van der Waals surface area contributed by atoms with Gasteiger partial charge in [-0.05, 0) is 49.1 Å². The summed E-state index contributed by atoms with van der Waals surface area (Å²) >= 11 is 0. The van der Waals surface area contributed by atoms with Gasteiger partial charge >= 0.3 is 0 Å². The number of aryl methyl sites for hydroxylation is 1. The largest absolute Gasteiger partial charge is 0.370 e. The molecule has 0 N–H and O–H groups in total. The molecule has 288 valence electrons. The zero-order valence-corrected chi connectivity index (χ0v) is 33.4. The predicted molar refractivity (Wildman–Crippen MR) is 219 cm³/mol. The number of rotatable bonds is 27. The van der Waals surface area contributed by atoms with Crippen molar-refractivity contribution in [2.45, 2.75) is 140 Å². The second kappa shape index (κ2) is 23.5. The lowest BCUT2D eigenvalue weighted by atomic mass is 9.80. The topological polar surface area (TPSA) is 61.8 Å². The summed E-state index contributed by atoms with van der Waals surface area (Å²) in [6, 6.07) is 37.3. The Bertz CT molecular complexity index is 1530. The van der Waals surface area contributed by atoms with Crippen molar-refractivity contribution in [1.82, 2.24) is 0 Å². The highest BCUT2D eigenvalue weighted by Crippen LogP contribution is 2.40. The Morgan fingerprint density at radius 2 is 0.962 bits per heavy atom. The first-order valence-electron chi connectivity index (χ1n) is 20.3. The van der Waals surface area contributed by atoms with Crippen LogP contribution in [0.5, 0.6) is 0 Å². The van der Waals surface area contributed by atoms with Crippen molar-refractivity contribution in [2.24, 2.45) is 0 Å². The van der Waals surface area contributed by atoms with Crippen molar-refractivity contribution in [1.29, 1.82) is 0 Å². The SMILES string of the molecule is CCCCCCCCCCCCCCCCC(C)OC(COC(c1ccccc1)(c1ccccc1)c1ccccc1)COS(=O)(=O)c1ccc(C)cc1. The van der Waals surface area contributed by atoms with Gasteiger partial charge in [-0.1, -0.05) is 206 Å². The Hall–Kier alpha value is -3.29. The normalized spacial score (nSPS) is 13.2. The van der Waals surface area contributed by atoms with E-state index in [4.69, 9.17) is 13.7 Å². The maximum absolute atomic E-state index is 13.3. The molecule has 0 amide bonds. The van der Waals surface area contributed by atoms with E-state index < -0.39 is 21.8 Å². The van der Waals surface area contributed by atoms with E-state index >= 15 is 0 Å². The minimum absolute atomic E-state index is 0.0915. The Labute approximate surface area is 321 Å². The molecular weight excluding hydrogens is 677 g/mol. The molecule has 0 saturated carbocycles. The number of hydrogen-bond donors (Lipinski definition) is 0. The van der Waals surface area contributed by atoms with Crippen LogP contribution in [0, 0.1) is 6.92 Å². The van der Waals surface area contributed by atoms with E-state index in [1.807, 2.05) is 61.5 Å². The number of ether oxygens (including phenoxy) is 2. The molecule has 4 aromatic carbocycles. The van der Waals surface area contributed by atoms with Crippen LogP contribution in [0.2, 0.25) is 0 Å². The number of hydrogen-bond acceptors (Lipinski definition) is 5. The van der Waals surface area contributed by atoms with E-state index in [2.05, 4.69) is 50.2 Å². The molecule has 0 fully saturated rings. The van der Waals surface area contributed by atoms with Crippen LogP contribution < -0.4 is 0 Å². The molecule has 0 aliphatic rings. The van der Waals surface area contributed by atoms with Gasteiger partial charge in [-0.3, -0.25) is 4.18 Å². The summed E-state index contributed by atoms with van der Waals surface area (Å²) in [5, 5.41) is 0. The smallest absolute Gasteiger partial charge is 0.297 e. The predicted octanol–water partition coefficient (Wildman–Crippen LogP) is 12.4. The van der Waals surface area contributed by atoms with Gasteiger partial charge in [0.05, 0.1) is 24.2 Å². The van der Waals surface area contributed by atoms with Crippen LogP contribution in [-0.4, -0.2) is 33.8 Å². The van der Waals surface area contributed by atoms with Crippen LogP contribution in [-0.2, 0) is 29.4 Å². The molecule has 6 heteroatoms. The van der Waals surface area contributed by atoms with E-state index in [1.54, 1.807) is 24.3 Å². The van der Waals surface area contributed by atoms with Gasteiger partial charge in [0, 0.05) is 0 Å². The van der Waals surface area contributed by atoms with Gasteiger partial charge in [-0.2, -0.15) is 8.42 Å². The van der Waals surface area contributed by atoms with Crippen LogP contribution in [0.1, 0.15) is 132 Å². The highest BCUT2D eigenvalue weighted by Gasteiger charge is 2.38. The van der Waals surface area contributed by atoms with E-state index in [-0.39, 0.29) is 24.2 Å². The average molecular weight is 741 g/mol. The van der Waals surface area contributed by atoms with Gasteiger partial charge in [0.15, 0.2) is 0 Å². The third-order valence-corrected chi connectivity index (χ3v) is 11.4. The molecule has 0 radical (unpaired) electrons. The highest BCUT2D eigenvalue weighted by molar-refractivity contribution is 7.86. The van der Waals surface area contributed by atoms with Gasteiger partial charge < -0.3 is 9.47 Å². The first kappa shape index (κ1) is 42.5. The van der Waals surface area contributed by atoms with Gasteiger partial charge in [0.25, 0.3) is 10.1 Å². The molecule has 0 aromatic heterocycles. The Morgan fingerprint density at radius 3 is 1.40 bits per heavy atom. The molecule has 4 rings (SSSR count). The molecule has 0 saturated heterocycles. The molecule has 4 aromatic rings. The summed E-state index contributed by atoms with van der Waals surface area (Å²) in [5.41, 5.74) is 2.94. The first-order chi connectivity index (χ1) is 25.8. The van der Waals surface area contributed by atoms with Crippen molar-refractivity contribution < 1.29 is 22.1 Å². The second-order valence-corrected chi connectivity index (χ2v) is 16.2. The fourth-order valence-electron chi connectivity index (χ4n) is 7.07. The maximum Gasteiger partial charge on any atom is 0.297 e. The molecule has 2 atom stereocenters. The lowest BCUT2D eigenvalue weighted by Crippen LogP contribution is -2.38. The standard InChI is InChI=1S/C47H64O5S/c1-4-5-6-7-8-9-10-11-12-13-14-15-16-20-27-41(3)52-45(39-51-53(48,49)46-36-34-40(2)35-37-46)38-50-47(42-28-21-17-22-29-42,43-30-23-18-24-31-43)44-32-25-19-26-33-44/h17-19,21-26,28-37,41,45H,4-16,20,27,38-39H2,1-3H3. The second-order valence-electron chi connectivity index (χ2n) is 14.6. The van der Waals surface area contributed by atoms with Gasteiger partial charge in [-0.25, -0.2) is 0 Å². The zero-order valence-electron chi connectivity index (χ0n) is 32.6. The fraction of sp³-hybridized carbons (Fsp3) is 0.489. The molecule has 2 unspecified atom stereocenters. The molecular formula is C47H64O5S. The van der Waals surface area contributed by atoms with Crippen molar-refractivity contribution in [2.75, 3.05) is 13.2 Å². The zero-order chi connectivity index (χ0) is 37.6. The summed E-state index contributed by atoms with van der Waals surface area (Å²) in [5.74, 6) is 0. The lowest BCUT2D eigenvalue weighted by Gasteiger charge is -2.37. The Kier molecular flexibility index (Phi) is 18.8. The molecule has 0 bridgehead atoms. The van der Waals surface area contributed by atoms with Crippen molar-refractivity contribution in [3.63, 3.8) is 0 Å². The van der Waals surface area contributed by atoms with Gasteiger partial charge in [0.1, 0.15) is 11.7 Å². The molecule has 53 heavy (non-hydrogen) atoms. The minimum Gasteiger partial charge on any atom is -0.370 e. The van der Waals surface area contributed by atoms with E-state index in [1.165, 1.54) is 83.5 Å². The summed E-state index contributed by atoms with van der Waals surface area (Å²) < 4.78 is 46.0. The summed E-state index contributed by atoms with van der Waals surface area (Å²) in [7, 11) is -4.00. The molecule has 0 aliphatic heterocycles. The van der Waals surface area contributed by atoms with E-state index in [0.29, 0.717) is 0 Å². The van der Waals surface area contributed by atoms with Gasteiger partial charge in [-0.15, -0.1) is 0 Å². The maximum atomic E-state index is 13.3. The van der Waals surface area contributed by atoms with E-state index in [9.17, 15) is 8.42 Å².